The topological polar surface area (TPSA) is 41.9 Å². The lowest BCUT2D eigenvalue weighted by Crippen LogP contribution is -2.28. The normalized spacial score (nSPS) is 15.8. The van der Waals surface area contributed by atoms with Crippen LogP contribution in [0.25, 0.3) is 77.6 Å². The summed E-state index contributed by atoms with van der Waals surface area (Å²) < 4.78 is 0. The van der Waals surface area contributed by atoms with E-state index in [-0.39, 0.29) is 12.0 Å². The number of aromatic nitrogens is 3. The molecule has 2 aliphatic rings. The molecule has 0 saturated heterocycles. The van der Waals surface area contributed by atoms with Crippen molar-refractivity contribution < 1.29 is 0 Å². The number of nitrogens with zero attached hydrogens (tertiary/aromatic N) is 4. The van der Waals surface area contributed by atoms with Crippen LogP contribution in [0.4, 0.5) is 11.4 Å². The van der Waals surface area contributed by atoms with Crippen LogP contribution >= 0.6 is 0 Å². The first kappa shape index (κ1) is 31.4. The summed E-state index contributed by atoms with van der Waals surface area (Å²) in [4.78, 5) is 18.1. The van der Waals surface area contributed by atoms with Gasteiger partial charge in [-0.15, -0.1) is 0 Å². The molecule has 2 unspecified atom stereocenters. The van der Waals surface area contributed by atoms with Gasteiger partial charge in [-0.25, -0.2) is 15.0 Å². The quantitative estimate of drug-likeness (QED) is 0.179. The van der Waals surface area contributed by atoms with Gasteiger partial charge in [-0.05, 0) is 74.0 Å². The van der Waals surface area contributed by atoms with Crippen LogP contribution in [0.3, 0.4) is 0 Å². The van der Waals surface area contributed by atoms with E-state index in [1.807, 2.05) is 0 Å². The van der Waals surface area contributed by atoms with Crippen LogP contribution in [0.1, 0.15) is 11.5 Å². The molecular weight excluding hydrogens is 669 g/mol. The summed E-state index contributed by atoms with van der Waals surface area (Å²) in [5, 5.41) is 6.91. The van der Waals surface area contributed by atoms with Crippen molar-refractivity contribution in [3.05, 3.63) is 200 Å². The van der Waals surface area contributed by atoms with Gasteiger partial charge in [-0.3, -0.25) is 0 Å². The number of hydrogen-bond donors (Lipinski definition) is 0. The Hall–Kier alpha value is -7.17. The molecule has 0 N–H and O–H groups in total. The summed E-state index contributed by atoms with van der Waals surface area (Å²) in [6.07, 6.45) is 9.09. The van der Waals surface area contributed by atoms with Crippen LogP contribution in [0.5, 0.6) is 0 Å². The molecule has 0 fully saturated rings. The van der Waals surface area contributed by atoms with Crippen molar-refractivity contribution in [1.82, 2.24) is 15.0 Å². The third kappa shape index (κ3) is 5.25. The second-order valence-corrected chi connectivity index (χ2v) is 14.4. The molecule has 0 amide bonds. The van der Waals surface area contributed by atoms with Crippen molar-refractivity contribution in [3.8, 4) is 45.3 Å². The molecule has 4 heteroatoms. The third-order valence-corrected chi connectivity index (χ3v) is 11.2. The minimum absolute atomic E-state index is 0.148. The van der Waals surface area contributed by atoms with Crippen LogP contribution in [-0.2, 0) is 0 Å². The fourth-order valence-corrected chi connectivity index (χ4v) is 8.64. The highest BCUT2D eigenvalue weighted by molar-refractivity contribution is 6.05. The van der Waals surface area contributed by atoms with Gasteiger partial charge in [0, 0.05) is 39.4 Å². The zero-order chi connectivity index (χ0) is 36.3. The van der Waals surface area contributed by atoms with Gasteiger partial charge < -0.3 is 4.90 Å². The molecule has 0 spiro atoms. The standard InChI is InChI=1S/C51H34N4/c1-2-15-35(16-3-1)40-22-12-24-47-48(40)44-21-10-11-23-45(44)55(47)46-30-29-43(41-19-8-9-20-42(41)46)51-53-49(38-27-25-33-13-4-6-17-36(33)31-38)52-50(54-51)39-28-26-34-14-5-7-18-37(34)32-39/h1-32,44-45H. The molecule has 1 aromatic heterocycles. The van der Waals surface area contributed by atoms with Crippen LogP contribution in [0, 0.1) is 0 Å². The van der Waals surface area contributed by atoms with E-state index in [0.717, 1.165) is 43.9 Å². The molecule has 0 bridgehead atoms. The first-order valence-electron chi connectivity index (χ1n) is 18.9. The van der Waals surface area contributed by atoms with Crippen LogP contribution in [0.15, 0.2) is 194 Å². The smallest absolute Gasteiger partial charge is 0.164 e. The zero-order valence-corrected chi connectivity index (χ0v) is 29.9. The van der Waals surface area contributed by atoms with E-state index < -0.39 is 0 Å². The molecule has 9 aromatic rings. The van der Waals surface area contributed by atoms with E-state index in [2.05, 4.69) is 199 Å². The van der Waals surface area contributed by atoms with Gasteiger partial charge in [-0.2, -0.15) is 0 Å². The summed E-state index contributed by atoms with van der Waals surface area (Å²) in [6, 6.07) is 60.5. The predicted octanol–water partition coefficient (Wildman–Crippen LogP) is 12.7. The van der Waals surface area contributed by atoms with Gasteiger partial charge in [0.15, 0.2) is 17.5 Å². The van der Waals surface area contributed by atoms with E-state index in [9.17, 15) is 0 Å². The third-order valence-electron chi connectivity index (χ3n) is 11.2. The average molecular weight is 703 g/mol. The molecule has 2 heterocycles. The molecule has 0 radical (unpaired) electrons. The van der Waals surface area contributed by atoms with Gasteiger partial charge in [0.2, 0.25) is 0 Å². The molecular formula is C51H34N4. The predicted molar refractivity (Wildman–Crippen MR) is 227 cm³/mol. The Balaban J connectivity index is 1.10. The Morgan fingerprint density at radius 3 is 1.69 bits per heavy atom. The van der Waals surface area contributed by atoms with Crippen LogP contribution in [0.2, 0.25) is 0 Å². The number of hydrogen-bond acceptors (Lipinski definition) is 4. The molecule has 8 aromatic carbocycles. The number of allylic oxidation sites excluding steroid dienone is 2. The fourth-order valence-electron chi connectivity index (χ4n) is 8.64. The van der Waals surface area contributed by atoms with E-state index >= 15 is 0 Å². The Bertz CT molecular complexity index is 2920. The number of rotatable bonds is 5. The van der Waals surface area contributed by atoms with Crippen molar-refractivity contribution in [2.45, 2.75) is 12.0 Å². The first-order valence-corrected chi connectivity index (χ1v) is 18.9. The van der Waals surface area contributed by atoms with Crippen LogP contribution in [-0.4, -0.2) is 21.0 Å². The van der Waals surface area contributed by atoms with E-state index in [0.29, 0.717) is 17.5 Å². The number of anilines is 2. The summed E-state index contributed by atoms with van der Waals surface area (Å²) >= 11 is 0. The highest BCUT2D eigenvalue weighted by atomic mass is 15.2. The molecule has 11 rings (SSSR count). The van der Waals surface area contributed by atoms with Crippen molar-refractivity contribution >= 4 is 43.7 Å². The maximum Gasteiger partial charge on any atom is 0.164 e. The SMILES string of the molecule is C1=CC2c3c(-c4ccccc4)cccc3N(c3ccc(-c4nc(-c5ccc6ccccc6c5)nc(-c5ccc6ccccc6c5)n4)c4ccccc34)C2C=C1. The van der Waals surface area contributed by atoms with E-state index in [4.69, 9.17) is 15.0 Å². The molecule has 258 valence electrons. The summed E-state index contributed by atoms with van der Waals surface area (Å²) in [6.45, 7) is 0. The lowest BCUT2D eigenvalue weighted by Gasteiger charge is -2.30. The average Bonchev–Trinajstić information content (AvgIpc) is 3.60. The second kappa shape index (κ2) is 12.8. The summed E-state index contributed by atoms with van der Waals surface area (Å²) in [5.74, 6) is 2.18. The fraction of sp³-hybridized carbons (Fsp3) is 0.0392. The molecule has 1 aliphatic carbocycles. The molecule has 4 nitrogen and oxygen atoms in total. The minimum Gasteiger partial charge on any atom is -0.333 e. The number of benzene rings is 8. The molecule has 55 heavy (non-hydrogen) atoms. The lowest BCUT2D eigenvalue weighted by atomic mass is 9.86. The largest absolute Gasteiger partial charge is 0.333 e. The van der Waals surface area contributed by atoms with Crippen molar-refractivity contribution in [2.24, 2.45) is 0 Å². The van der Waals surface area contributed by atoms with Gasteiger partial charge in [0.05, 0.1) is 6.04 Å². The zero-order valence-electron chi connectivity index (χ0n) is 29.9. The number of fused-ring (bicyclic) bond motifs is 6. The van der Waals surface area contributed by atoms with Crippen LogP contribution < -0.4 is 4.90 Å². The van der Waals surface area contributed by atoms with Crippen molar-refractivity contribution in [2.75, 3.05) is 4.90 Å². The highest BCUT2D eigenvalue weighted by Gasteiger charge is 2.39. The maximum absolute atomic E-state index is 5.24. The van der Waals surface area contributed by atoms with E-state index in [1.165, 1.54) is 33.2 Å². The Morgan fingerprint density at radius 2 is 0.982 bits per heavy atom. The summed E-state index contributed by atoms with van der Waals surface area (Å²) in [7, 11) is 0. The summed E-state index contributed by atoms with van der Waals surface area (Å²) in [5.41, 5.74) is 9.17. The van der Waals surface area contributed by atoms with Gasteiger partial charge in [0.1, 0.15) is 0 Å². The van der Waals surface area contributed by atoms with Gasteiger partial charge in [0.25, 0.3) is 0 Å². The highest BCUT2D eigenvalue weighted by Crippen LogP contribution is 2.52. The second-order valence-electron chi connectivity index (χ2n) is 14.4. The molecule has 0 saturated carbocycles. The molecule has 1 aliphatic heterocycles. The minimum atomic E-state index is 0.148. The van der Waals surface area contributed by atoms with Crippen molar-refractivity contribution in [3.63, 3.8) is 0 Å². The first-order chi connectivity index (χ1) is 27.3. The Kier molecular flexibility index (Phi) is 7.27. The Morgan fingerprint density at radius 1 is 0.382 bits per heavy atom. The lowest BCUT2D eigenvalue weighted by molar-refractivity contribution is 0.747. The maximum atomic E-state index is 5.24. The molecule has 2 atom stereocenters. The Labute approximate surface area is 319 Å². The van der Waals surface area contributed by atoms with Gasteiger partial charge >= 0.3 is 0 Å². The van der Waals surface area contributed by atoms with Gasteiger partial charge in [-0.1, -0.05) is 164 Å². The monoisotopic (exact) mass is 702 g/mol. The van der Waals surface area contributed by atoms with E-state index in [1.54, 1.807) is 0 Å². The van der Waals surface area contributed by atoms with Crippen molar-refractivity contribution in [1.29, 1.82) is 0 Å².